The molecule has 0 saturated heterocycles. The van der Waals surface area contributed by atoms with E-state index in [0.717, 1.165) is 0 Å². The Bertz CT molecular complexity index is 339. The highest BCUT2D eigenvalue weighted by molar-refractivity contribution is 9.09. The van der Waals surface area contributed by atoms with Crippen molar-refractivity contribution in [2.75, 3.05) is 14.2 Å². The number of benzene rings is 1. The van der Waals surface area contributed by atoms with Crippen LogP contribution >= 0.6 is 15.9 Å². The van der Waals surface area contributed by atoms with Gasteiger partial charge in [0.25, 0.3) is 0 Å². The van der Waals surface area contributed by atoms with Crippen molar-refractivity contribution in [3.05, 3.63) is 18.2 Å². The molecule has 0 aliphatic carbocycles. The highest BCUT2D eigenvalue weighted by Gasteiger charge is 2.28. The summed E-state index contributed by atoms with van der Waals surface area (Å²) >= 11 is 2.07. The van der Waals surface area contributed by atoms with Crippen LogP contribution in [0, 0.1) is 0 Å². The van der Waals surface area contributed by atoms with Gasteiger partial charge in [-0.15, -0.1) is 0 Å². The summed E-state index contributed by atoms with van der Waals surface area (Å²) in [7, 11) is 2.75. The Balaban J connectivity index is 3.06. The Kier molecular flexibility index (Phi) is 3.73. The van der Waals surface area contributed by atoms with Gasteiger partial charge in [0.2, 0.25) is 5.75 Å². The predicted octanol–water partition coefficient (Wildman–Crippen LogP) is 3.03. The summed E-state index contributed by atoms with van der Waals surface area (Å²) < 4.78 is 39.3. The van der Waals surface area contributed by atoms with Gasteiger partial charge >= 0.3 is 5.02 Å². The number of alkyl halides is 3. The van der Waals surface area contributed by atoms with Gasteiger partial charge in [0.1, 0.15) is 0 Å². The Hall–Kier alpha value is -1.04. The highest BCUT2D eigenvalue weighted by atomic mass is 79.9. The van der Waals surface area contributed by atoms with Crippen molar-refractivity contribution < 1.29 is 23.0 Å². The molecule has 1 rings (SSSR count). The number of ether oxygens (including phenoxy) is 3. The minimum Gasteiger partial charge on any atom is -0.493 e. The van der Waals surface area contributed by atoms with E-state index in [9.17, 15) is 8.78 Å². The average molecular weight is 283 g/mol. The third-order valence-corrected chi connectivity index (χ3v) is 1.75. The smallest absolute Gasteiger partial charge is 0.459 e. The molecular formula is C9H9BrF2O3. The zero-order chi connectivity index (χ0) is 11.5. The zero-order valence-electron chi connectivity index (χ0n) is 8.09. The van der Waals surface area contributed by atoms with E-state index in [4.69, 9.17) is 9.47 Å². The van der Waals surface area contributed by atoms with Crippen LogP contribution in [0.4, 0.5) is 8.78 Å². The summed E-state index contributed by atoms with van der Waals surface area (Å²) in [6, 6.07) is 4.46. The van der Waals surface area contributed by atoms with E-state index >= 15 is 0 Å². The maximum atomic E-state index is 12.6. The first kappa shape index (κ1) is 12.0. The number of methoxy groups -OCH3 is 2. The summed E-state index contributed by atoms with van der Waals surface area (Å²) in [4.78, 5) is 0. The topological polar surface area (TPSA) is 27.7 Å². The fraction of sp³-hybridized carbons (Fsp3) is 0.333. The first-order valence-corrected chi connectivity index (χ1v) is 4.74. The Labute approximate surface area is 94.1 Å². The van der Waals surface area contributed by atoms with Crippen LogP contribution in [0.5, 0.6) is 17.2 Å². The van der Waals surface area contributed by atoms with Crippen LogP contribution in [0.2, 0.25) is 0 Å². The molecule has 0 aromatic heterocycles. The molecule has 0 fully saturated rings. The van der Waals surface area contributed by atoms with Crippen molar-refractivity contribution in [1.82, 2.24) is 0 Å². The second-order valence-electron chi connectivity index (χ2n) is 2.54. The molecule has 0 aliphatic rings. The molecule has 0 spiro atoms. The molecule has 0 bridgehead atoms. The van der Waals surface area contributed by atoms with Crippen LogP contribution in [-0.2, 0) is 0 Å². The van der Waals surface area contributed by atoms with Gasteiger partial charge < -0.3 is 14.2 Å². The van der Waals surface area contributed by atoms with Gasteiger partial charge in [0, 0.05) is 15.9 Å². The van der Waals surface area contributed by atoms with Gasteiger partial charge in [0.05, 0.1) is 14.2 Å². The Morgan fingerprint density at radius 2 is 1.73 bits per heavy atom. The molecule has 15 heavy (non-hydrogen) atoms. The van der Waals surface area contributed by atoms with Gasteiger partial charge in [-0.1, -0.05) is 6.07 Å². The van der Waals surface area contributed by atoms with Crippen molar-refractivity contribution in [2.24, 2.45) is 0 Å². The molecular weight excluding hydrogens is 274 g/mol. The fourth-order valence-corrected chi connectivity index (χ4v) is 1.24. The third kappa shape index (κ3) is 3.23. The van der Waals surface area contributed by atoms with Crippen LogP contribution in [-0.4, -0.2) is 19.2 Å². The van der Waals surface area contributed by atoms with E-state index in [1.165, 1.54) is 26.4 Å². The van der Waals surface area contributed by atoms with Crippen LogP contribution in [0.25, 0.3) is 0 Å². The SMILES string of the molecule is COc1cccc(OC(F)(F)Br)c1OC. The minimum absolute atomic E-state index is 0.0984. The number of hydrogen-bond acceptors (Lipinski definition) is 3. The van der Waals surface area contributed by atoms with Gasteiger partial charge in [0.15, 0.2) is 11.5 Å². The van der Waals surface area contributed by atoms with Crippen molar-refractivity contribution in [2.45, 2.75) is 5.02 Å². The number of rotatable bonds is 4. The summed E-state index contributed by atoms with van der Waals surface area (Å²) in [5.41, 5.74) is 0. The zero-order valence-corrected chi connectivity index (χ0v) is 9.68. The lowest BCUT2D eigenvalue weighted by molar-refractivity contribution is -0.0815. The van der Waals surface area contributed by atoms with Crippen molar-refractivity contribution in [3.63, 3.8) is 0 Å². The molecule has 0 aliphatic heterocycles. The van der Waals surface area contributed by atoms with E-state index in [-0.39, 0.29) is 11.5 Å². The van der Waals surface area contributed by atoms with E-state index < -0.39 is 5.02 Å². The Morgan fingerprint density at radius 1 is 1.13 bits per heavy atom. The maximum Gasteiger partial charge on any atom is 0.459 e. The molecule has 6 heteroatoms. The van der Waals surface area contributed by atoms with Crippen molar-refractivity contribution in [3.8, 4) is 17.2 Å². The summed E-state index contributed by atoms with van der Waals surface area (Å²) in [5, 5.41) is -3.44. The lowest BCUT2D eigenvalue weighted by Gasteiger charge is -2.15. The third-order valence-electron chi connectivity index (χ3n) is 1.59. The molecule has 0 saturated carbocycles. The van der Waals surface area contributed by atoms with Gasteiger partial charge in [-0.3, -0.25) is 0 Å². The van der Waals surface area contributed by atoms with Crippen LogP contribution in [0.3, 0.4) is 0 Å². The predicted molar refractivity (Wildman–Crippen MR) is 54.0 cm³/mol. The lowest BCUT2D eigenvalue weighted by atomic mass is 10.3. The molecule has 84 valence electrons. The number of para-hydroxylation sites is 1. The summed E-state index contributed by atoms with van der Waals surface area (Å²) in [6.07, 6.45) is 0. The fourth-order valence-electron chi connectivity index (χ4n) is 1.06. The molecule has 0 radical (unpaired) electrons. The van der Waals surface area contributed by atoms with Gasteiger partial charge in [-0.05, 0) is 12.1 Å². The molecule has 1 aromatic rings. The van der Waals surface area contributed by atoms with Crippen LogP contribution in [0.1, 0.15) is 0 Å². The molecule has 0 N–H and O–H groups in total. The maximum absolute atomic E-state index is 12.6. The molecule has 0 amide bonds. The standard InChI is InChI=1S/C9H9BrF2O3/c1-13-6-4-3-5-7(8(6)14-2)15-9(10,11)12/h3-5H,1-2H3. The van der Waals surface area contributed by atoms with Crippen molar-refractivity contribution in [1.29, 1.82) is 0 Å². The van der Waals surface area contributed by atoms with E-state index in [0.29, 0.717) is 5.75 Å². The quantitative estimate of drug-likeness (QED) is 0.795. The van der Waals surface area contributed by atoms with Gasteiger partial charge in [-0.25, -0.2) is 0 Å². The van der Waals surface area contributed by atoms with Gasteiger partial charge in [-0.2, -0.15) is 8.78 Å². The van der Waals surface area contributed by atoms with E-state index in [1.807, 2.05) is 0 Å². The average Bonchev–Trinajstić information content (AvgIpc) is 2.15. The lowest BCUT2D eigenvalue weighted by Crippen LogP contribution is -2.15. The second-order valence-corrected chi connectivity index (χ2v) is 3.46. The molecule has 0 unspecified atom stereocenters. The number of halogens is 3. The van der Waals surface area contributed by atoms with Crippen molar-refractivity contribution >= 4 is 15.9 Å². The summed E-state index contributed by atoms with van der Waals surface area (Å²) in [6.45, 7) is 0. The first-order chi connectivity index (χ1) is 6.98. The monoisotopic (exact) mass is 282 g/mol. The second kappa shape index (κ2) is 4.65. The minimum atomic E-state index is -3.44. The molecule has 1 aromatic carbocycles. The Morgan fingerprint density at radius 3 is 2.20 bits per heavy atom. The highest BCUT2D eigenvalue weighted by Crippen LogP contribution is 2.40. The molecule has 0 atom stereocenters. The van der Waals surface area contributed by atoms with E-state index in [1.54, 1.807) is 6.07 Å². The summed E-state index contributed by atoms with van der Waals surface area (Å²) in [5.74, 6) is 0.351. The van der Waals surface area contributed by atoms with E-state index in [2.05, 4.69) is 20.7 Å². The molecule has 0 heterocycles. The molecule has 3 nitrogen and oxygen atoms in total. The van der Waals surface area contributed by atoms with Crippen LogP contribution < -0.4 is 14.2 Å². The number of hydrogen-bond donors (Lipinski definition) is 0. The largest absolute Gasteiger partial charge is 0.493 e. The van der Waals surface area contributed by atoms with Crippen LogP contribution in [0.15, 0.2) is 18.2 Å². The first-order valence-electron chi connectivity index (χ1n) is 3.94. The normalized spacial score (nSPS) is 11.0.